The molecular weight excluding hydrogens is 193 g/mol. The normalized spacial score (nSPS) is 12.7. The summed E-state index contributed by atoms with van der Waals surface area (Å²) in [6.07, 6.45) is 3.41. The predicted octanol–water partition coefficient (Wildman–Crippen LogP) is 2.03. The Morgan fingerprint density at radius 3 is 2.80 bits per heavy atom. The van der Waals surface area contributed by atoms with Gasteiger partial charge in [-0.3, -0.25) is 0 Å². The molecule has 15 heavy (non-hydrogen) atoms. The average molecular weight is 205 g/mol. The molecule has 2 N–H and O–H groups in total. The van der Waals surface area contributed by atoms with Gasteiger partial charge in [-0.2, -0.15) is 5.10 Å². The molecule has 0 amide bonds. The Morgan fingerprint density at radius 2 is 2.20 bits per heavy atom. The van der Waals surface area contributed by atoms with Gasteiger partial charge >= 0.3 is 0 Å². The van der Waals surface area contributed by atoms with Crippen molar-refractivity contribution in [1.29, 1.82) is 0 Å². The summed E-state index contributed by atoms with van der Waals surface area (Å²) in [6.45, 7) is 1.76. The lowest BCUT2D eigenvalue weighted by atomic mass is 10.1. The van der Waals surface area contributed by atoms with Crippen LogP contribution in [0.1, 0.15) is 18.5 Å². The van der Waals surface area contributed by atoms with E-state index in [1.54, 1.807) is 42.2 Å². The molecule has 2 rings (SSSR count). The molecular formula is C11H12FN3. The number of benzene rings is 1. The number of hydrogen-bond donors (Lipinski definition) is 1. The topological polar surface area (TPSA) is 43.8 Å². The fraction of sp³-hybridized carbons (Fsp3) is 0.182. The highest BCUT2D eigenvalue weighted by Gasteiger charge is 2.13. The second-order valence-electron chi connectivity index (χ2n) is 3.41. The third-order valence-corrected chi connectivity index (χ3v) is 2.24. The van der Waals surface area contributed by atoms with E-state index in [9.17, 15) is 4.39 Å². The molecule has 1 atom stereocenters. The van der Waals surface area contributed by atoms with E-state index in [1.165, 1.54) is 6.07 Å². The van der Waals surface area contributed by atoms with Crippen LogP contribution < -0.4 is 5.73 Å². The van der Waals surface area contributed by atoms with Gasteiger partial charge in [-0.1, -0.05) is 6.07 Å². The highest BCUT2D eigenvalue weighted by molar-refractivity contribution is 5.42. The molecule has 0 aliphatic carbocycles. The van der Waals surface area contributed by atoms with Crippen LogP contribution in [0.2, 0.25) is 0 Å². The van der Waals surface area contributed by atoms with Crippen molar-refractivity contribution >= 4 is 0 Å². The predicted molar refractivity (Wildman–Crippen MR) is 56.1 cm³/mol. The molecule has 0 spiro atoms. The molecule has 0 fully saturated rings. The van der Waals surface area contributed by atoms with Gasteiger partial charge in [0.2, 0.25) is 0 Å². The fourth-order valence-electron chi connectivity index (χ4n) is 1.59. The summed E-state index contributed by atoms with van der Waals surface area (Å²) in [6, 6.07) is 6.29. The third kappa shape index (κ3) is 1.76. The van der Waals surface area contributed by atoms with E-state index in [4.69, 9.17) is 5.73 Å². The van der Waals surface area contributed by atoms with Gasteiger partial charge in [0.25, 0.3) is 0 Å². The van der Waals surface area contributed by atoms with E-state index in [0.717, 1.165) is 0 Å². The highest BCUT2D eigenvalue weighted by Crippen LogP contribution is 2.22. The summed E-state index contributed by atoms with van der Waals surface area (Å²) in [7, 11) is 0. The van der Waals surface area contributed by atoms with Crippen LogP contribution in [0.5, 0.6) is 0 Å². The maximum absolute atomic E-state index is 13.6. The van der Waals surface area contributed by atoms with Crippen LogP contribution in [0.3, 0.4) is 0 Å². The maximum Gasteiger partial charge on any atom is 0.130 e. The van der Waals surface area contributed by atoms with Gasteiger partial charge in [-0.25, -0.2) is 9.07 Å². The number of rotatable bonds is 2. The van der Waals surface area contributed by atoms with Crippen molar-refractivity contribution in [2.24, 2.45) is 5.73 Å². The summed E-state index contributed by atoms with van der Waals surface area (Å²) in [4.78, 5) is 0. The van der Waals surface area contributed by atoms with Crippen LogP contribution in [0.25, 0.3) is 5.69 Å². The quantitative estimate of drug-likeness (QED) is 0.815. The van der Waals surface area contributed by atoms with Crippen molar-refractivity contribution in [2.75, 3.05) is 0 Å². The summed E-state index contributed by atoms with van der Waals surface area (Å²) in [5, 5.41) is 4.07. The molecule has 1 heterocycles. The zero-order valence-corrected chi connectivity index (χ0v) is 8.39. The average Bonchev–Trinajstić information content (AvgIpc) is 2.69. The van der Waals surface area contributed by atoms with Crippen LogP contribution in [-0.4, -0.2) is 9.78 Å². The van der Waals surface area contributed by atoms with E-state index in [-0.39, 0.29) is 11.9 Å². The Labute approximate surface area is 87.3 Å². The summed E-state index contributed by atoms with van der Waals surface area (Å²) in [5.41, 5.74) is 6.92. The van der Waals surface area contributed by atoms with Crippen LogP contribution in [-0.2, 0) is 0 Å². The minimum Gasteiger partial charge on any atom is -0.324 e. The van der Waals surface area contributed by atoms with Crippen molar-refractivity contribution in [3.05, 3.63) is 48.0 Å². The number of hydrogen-bond acceptors (Lipinski definition) is 2. The van der Waals surface area contributed by atoms with Gasteiger partial charge in [0.1, 0.15) is 5.82 Å². The van der Waals surface area contributed by atoms with Crippen molar-refractivity contribution < 1.29 is 4.39 Å². The Balaban J connectivity index is 2.61. The molecule has 0 radical (unpaired) electrons. The molecule has 1 aromatic heterocycles. The van der Waals surface area contributed by atoms with E-state index in [0.29, 0.717) is 11.3 Å². The number of nitrogens with two attached hydrogens (primary N) is 1. The Kier molecular flexibility index (Phi) is 2.51. The minimum atomic E-state index is -0.356. The van der Waals surface area contributed by atoms with Gasteiger partial charge < -0.3 is 5.73 Å². The van der Waals surface area contributed by atoms with Crippen LogP contribution in [0.15, 0.2) is 36.7 Å². The lowest BCUT2D eigenvalue weighted by Crippen LogP contribution is -2.12. The van der Waals surface area contributed by atoms with Crippen LogP contribution in [0, 0.1) is 5.82 Å². The molecule has 1 unspecified atom stereocenters. The van der Waals surface area contributed by atoms with Gasteiger partial charge in [-0.15, -0.1) is 0 Å². The second kappa shape index (κ2) is 3.82. The zero-order chi connectivity index (χ0) is 10.8. The number of aromatic nitrogens is 2. The second-order valence-corrected chi connectivity index (χ2v) is 3.41. The minimum absolute atomic E-state index is 0.294. The fourth-order valence-corrected chi connectivity index (χ4v) is 1.59. The molecule has 4 heteroatoms. The van der Waals surface area contributed by atoms with Crippen LogP contribution in [0.4, 0.5) is 4.39 Å². The van der Waals surface area contributed by atoms with Crippen molar-refractivity contribution in [1.82, 2.24) is 9.78 Å². The van der Waals surface area contributed by atoms with Crippen molar-refractivity contribution in [2.45, 2.75) is 13.0 Å². The number of nitrogens with zero attached hydrogens (tertiary/aromatic N) is 2. The highest BCUT2D eigenvalue weighted by atomic mass is 19.1. The van der Waals surface area contributed by atoms with Crippen molar-refractivity contribution in [3.63, 3.8) is 0 Å². The molecule has 3 nitrogen and oxygen atoms in total. The molecule has 0 aliphatic heterocycles. The summed E-state index contributed by atoms with van der Waals surface area (Å²) in [5.74, 6) is -0.294. The SMILES string of the molecule is CC(N)c1c(F)cccc1-n1cccn1. The van der Waals surface area contributed by atoms with E-state index in [2.05, 4.69) is 5.10 Å². The molecule has 2 aromatic rings. The largest absolute Gasteiger partial charge is 0.324 e. The van der Waals surface area contributed by atoms with Gasteiger partial charge in [0.15, 0.2) is 0 Å². The van der Waals surface area contributed by atoms with Gasteiger partial charge in [0.05, 0.1) is 5.69 Å². The first-order valence-electron chi connectivity index (χ1n) is 4.74. The molecule has 0 aliphatic rings. The van der Waals surface area contributed by atoms with Gasteiger partial charge in [-0.05, 0) is 25.1 Å². The summed E-state index contributed by atoms with van der Waals surface area (Å²) >= 11 is 0. The first-order chi connectivity index (χ1) is 7.20. The molecule has 78 valence electrons. The summed E-state index contributed by atoms with van der Waals surface area (Å²) < 4.78 is 15.2. The molecule has 0 saturated carbocycles. The van der Waals surface area contributed by atoms with Crippen LogP contribution >= 0.6 is 0 Å². The van der Waals surface area contributed by atoms with Crippen molar-refractivity contribution in [3.8, 4) is 5.69 Å². The standard InChI is InChI=1S/C11H12FN3/c1-8(13)11-9(12)4-2-5-10(11)15-7-3-6-14-15/h2-8H,13H2,1H3. The van der Waals surface area contributed by atoms with E-state index < -0.39 is 0 Å². The van der Waals surface area contributed by atoms with E-state index >= 15 is 0 Å². The number of halogens is 1. The Hall–Kier alpha value is -1.68. The molecule has 1 aromatic carbocycles. The lowest BCUT2D eigenvalue weighted by molar-refractivity contribution is 0.589. The first-order valence-corrected chi connectivity index (χ1v) is 4.74. The third-order valence-electron chi connectivity index (χ3n) is 2.24. The smallest absolute Gasteiger partial charge is 0.130 e. The lowest BCUT2D eigenvalue weighted by Gasteiger charge is -2.13. The monoisotopic (exact) mass is 205 g/mol. The Morgan fingerprint density at radius 1 is 1.40 bits per heavy atom. The van der Waals surface area contributed by atoms with Gasteiger partial charge in [0, 0.05) is 24.0 Å². The zero-order valence-electron chi connectivity index (χ0n) is 8.39. The molecule has 0 bridgehead atoms. The molecule has 0 saturated heterocycles. The van der Waals surface area contributed by atoms with E-state index in [1.807, 2.05) is 0 Å². The Bertz CT molecular complexity index is 449. The maximum atomic E-state index is 13.6. The first kappa shape index (κ1) is 9.86.